The summed E-state index contributed by atoms with van der Waals surface area (Å²) in [6.07, 6.45) is 0. The van der Waals surface area contributed by atoms with Gasteiger partial charge in [-0.05, 0) is 113 Å². The number of benzene rings is 8. The van der Waals surface area contributed by atoms with Crippen LogP contribution in [0.5, 0.6) is 0 Å². The zero-order chi connectivity index (χ0) is 38.2. The van der Waals surface area contributed by atoms with Gasteiger partial charge in [0.2, 0.25) is 0 Å². The standard InChI is InChI=1S/C51H27N5S/c52-28-31-15-18-38(34-7-5-9-36(26-34)55-46-20-16-32(29-53)24-43(46)44-25-33(30-54)17-21-47(44)55)42(23-31)35-8-6-10-37(27-35)56-45-13-3-1-12-41(45)50-48(56)22-19-40-39-11-2-4-14-49(39)57-51(40)50/h1-27H. The molecule has 0 saturated heterocycles. The first kappa shape index (κ1) is 32.5. The molecule has 0 amide bonds. The molecule has 0 N–H and O–H groups in total. The van der Waals surface area contributed by atoms with E-state index in [0.29, 0.717) is 16.7 Å². The van der Waals surface area contributed by atoms with Crippen LogP contribution < -0.4 is 0 Å². The summed E-state index contributed by atoms with van der Waals surface area (Å²) >= 11 is 1.85. The molecule has 0 radical (unpaired) electrons. The van der Waals surface area contributed by atoms with Crippen LogP contribution in [0, 0.1) is 34.0 Å². The van der Waals surface area contributed by atoms with Crippen LogP contribution in [0.25, 0.3) is 97.4 Å². The van der Waals surface area contributed by atoms with Gasteiger partial charge in [-0.3, -0.25) is 0 Å². The number of hydrogen-bond acceptors (Lipinski definition) is 4. The van der Waals surface area contributed by atoms with Crippen molar-refractivity contribution >= 4 is 75.1 Å². The molecule has 0 bridgehead atoms. The molecular formula is C51H27N5S. The number of hydrogen-bond donors (Lipinski definition) is 0. The summed E-state index contributed by atoms with van der Waals surface area (Å²) in [5.74, 6) is 0. The second kappa shape index (κ2) is 12.6. The summed E-state index contributed by atoms with van der Waals surface area (Å²) in [5.41, 5.74) is 11.9. The summed E-state index contributed by atoms with van der Waals surface area (Å²) in [4.78, 5) is 0. The monoisotopic (exact) mass is 741 g/mol. The van der Waals surface area contributed by atoms with Gasteiger partial charge >= 0.3 is 0 Å². The average Bonchev–Trinajstić information content (AvgIpc) is 3.93. The Kier molecular flexibility index (Phi) is 7.15. The fourth-order valence-electron chi connectivity index (χ4n) is 8.68. The summed E-state index contributed by atoms with van der Waals surface area (Å²) in [6, 6.07) is 63.1. The lowest BCUT2D eigenvalue weighted by atomic mass is 9.92. The molecule has 3 heterocycles. The highest BCUT2D eigenvalue weighted by atomic mass is 32.1. The van der Waals surface area contributed by atoms with Crippen molar-refractivity contribution in [2.24, 2.45) is 0 Å². The van der Waals surface area contributed by atoms with Gasteiger partial charge < -0.3 is 9.13 Å². The summed E-state index contributed by atoms with van der Waals surface area (Å²) in [7, 11) is 0. The van der Waals surface area contributed by atoms with Gasteiger partial charge in [-0.15, -0.1) is 11.3 Å². The van der Waals surface area contributed by atoms with E-state index in [9.17, 15) is 15.8 Å². The van der Waals surface area contributed by atoms with Gasteiger partial charge in [-0.1, -0.05) is 72.8 Å². The van der Waals surface area contributed by atoms with Crippen molar-refractivity contribution in [2.45, 2.75) is 0 Å². The highest BCUT2D eigenvalue weighted by Gasteiger charge is 2.19. The minimum Gasteiger partial charge on any atom is -0.309 e. The topological polar surface area (TPSA) is 81.2 Å². The maximum atomic E-state index is 10.1. The van der Waals surface area contributed by atoms with Gasteiger partial charge in [-0.25, -0.2) is 0 Å². The van der Waals surface area contributed by atoms with E-state index < -0.39 is 0 Å². The van der Waals surface area contributed by atoms with Gasteiger partial charge in [0.15, 0.2) is 0 Å². The third-order valence-corrected chi connectivity index (χ3v) is 12.4. The molecule has 262 valence electrons. The zero-order valence-electron chi connectivity index (χ0n) is 30.2. The van der Waals surface area contributed by atoms with Gasteiger partial charge in [0.1, 0.15) is 0 Å². The SMILES string of the molecule is N#Cc1ccc(-c2cccc(-n3c4ccc(C#N)cc4c4cc(C#N)ccc43)c2)c(-c2cccc(-n3c4ccccc4c4c5sc6ccccc6c5ccc43)c2)c1. The van der Waals surface area contributed by atoms with E-state index in [2.05, 4.69) is 137 Å². The number of nitrogens with zero attached hydrogens (tertiary/aromatic N) is 5. The van der Waals surface area contributed by atoms with Gasteiger partial charge in [0, 0.05) is 53.1 Å². The molecule has 11 aromatic rings. The van der Waals surface area contributed by atoms with Crippen molar-refractivity contribution in [1.82, 2.24) is 9.13 Å². The van der Waals surface area contributed by atoms with Crippen LogP contribution in [0.1, 0.15) is 16.7 Å². The van der Waals surface area contributed by atoms with Crippen LogP contribution in [-0.4, -0.2) is 9.13 Å². The van der Waals surface area contributed by atoms with E-state index in [-0.39, 0.29) is 0 Å². The Bertz CT molecular complexity index is 3560. The lowest BCUT2D eigenvalue weighted by Crippen LogP contribution is -1.96. The number of aromatic nitrogens is 2. The minimum atomic E-state index is 0.566. The third-order valence-electron chi connectivity index (χ3n) is 11.2. The van der Waals surface area contributed by atoms with E-state index in [4.69, 9.17) is 0 Å². The van der Waals surface area contributed by atoms with Crippen molar-refractivity contribution in [2.75, 3.05) is 0 Å². The molecular weight excluding hydrogens is 715 g/mol. The second-order valence-electron chi connectivity index (χ2n) is 14.3. The van der Waals surface area contributed by atoms with Crippen LogP contribution in [0.4, 0.5) is 0 Å². The molecule has 0 aliphatic rings. The number of rotatable bonds is 4. The lowest BCUT2D eigenvalue weighted by molar-refractivity contribution is 1.18. The molecule has 11 rings (SSSR count). The summed E-state index contributed by atoms with van der Waals surface area (Å²) in [6.45, 7) is 0. The molecule has 3 aromatic heterocycles. The van der Waals surface area contributed by atoms with E-state index in [1.807, 2.05) is 65.9 Å². The van der Waals surface area contributed by atoms with Crippen LogP contribution in [0.3, 0.4) is 0 Å². The summed E-state index contributed by atoms with van der Waals surface area (Å²) in [5, 5.41) is 36.4. The largest absolute Gasteiger partial charge is 0.309 e. The first-order valence-corrected chi connectivity index (χ1v) is 19.4. The minimum absolute atomic E-state index is 0.566. The van der Waals surface area contributed by atoms with Crippen LogP contribution in [-0.2, 0) is 0 Å². The Morgan fingerprint density at radius 1 is 0.386 bits per heavy atom. The second-order valence-corrected chi connectivity index (χ2v) is 15.3. The smallest absolute Gasteiger partial charge is 0.0991 e. The lowest BCUT2D eigenvalue weighted by Gasteiger charge is -2.15. The molecule has 0 fully saturated rings. The molecule has 0 spiro atoms. The summed E-state index contributed by atoms with van der Waals surface area (Å²) < 4.78 is 7.13. The van der Waals surface area contributed by atoms with Crippen LogP contribution in [0.2, 0.25) is 0 Å². The quantitative estimate of drug-likeness (QED) is 0.180. The molecule has 6 heteroatoms. The number of fused-ring (bicyclic) bond motifs is 10. The molecule has 0 atom stereocenters. The molecule has 0 unspecified atom stereocenters. The predicted octanol–water partition coefficient (Wildman–Crippen LogP) is 13.2. The molecule has 0 saturated carbocycles. The van der Waals surface area contributed by atoms with Crippen molar-refractivity contribution in [3.8, 4) is 51.8 Å². The molecule has 0 aliphatic heterocycles. The Morgan fingerprint density at radius 2 is 0.930 bits per heavy atom. The van der Waals surface area contributed by atoms with Crippen molar-refractivity contribution in [3.05, 3.63) is 180 Å². The molecule has 0 aliphatic carbocycles. The van der Waals surface area contributed by atoms with Crippen LogP contribution >= 0.6 is 11.3 Å². The van der Waals surface area contributed by atoms with E-state index in [1.54, 1.807) is 0 Å². The Labute approximate surface area is 331 Å². The fourth-order valence-corrected chi connectivity index (χ4v) is 9.94. The van der Waals surface area contributed by atoms with Gasteiger partial charge in [0.05, 0.1) is 57.0 Å². The zero-order valence-corrected chi connectivity index (χ0v) is 31.0. The fraction of sp³-hybridized carbons (Fsp3) is 0. The maximum absolute atomic E-state index is 10.1. The van der Waals surface area contributed by atoms with E-state index >= 15 is 0 Å². The maximum Gasteiger partial charge on any atom is 0.0991 e. The van der Waals surface area contributed by atoms with Gasteiger partial charge in [0.25, 0.3) is 0 Å². The first-order valence-electron chi connectivity index (χ1n) is 18.6. The Morgan fingerprint density at radius 3 is 1.61 bits per heavy atom. The van der Waals surface area contributed by atoms with Crippen molar-refractivity contribution in [1.29, 1.82) is 15.8 Å². The first-order chi connectivity index (χ1) is 28.1. The molecule has 8 aromatic carbocycles. The Hall–Kier alpha value is -7.95. The average molecular weight is 742 g/mol. The van der Waals surface area contributed by atoms with Crippen molar-refractivity contribution in [3.63, 3.8) is 0 Å². The number of thiophene rings is 1. The van der Waals surface area contributed by atoms with Crippen LogP contribution in [0.15, 0.2) is 164 Å². The highest BCUT2D eigenvalue weighted by molar-refractivity contribution is 7.26. The molecule has 57 heavy (non-hydrogen) atoms. The van der Waals surface area contributed by atoms with Gasteiger partial charge in [-0.2, -0.15) is 15.8 Å². The highest BCUT2D eigenvalue weighted by Crippen LogP contribution is 2.44. The predicted molar refractivity (Wildman–Crippen MR) is 233 cm³/mol. The van der Waals surface area contributed by atoms with E-state index in [1.165, 1.54) is 30.9 Å². The Balaban J connectivity index is 1.10. The van der Waals surface area contributed by atoms with Crippen molar-refractivity contribution < 1.29 is 0 Å². The number of nitriles is 3. The molecule has 5 nitrogen and oxygen atoms in total. The number of para-hydroxylation sites is 1. The third kappa shape index (κ3) is 4.91. The normalized spacial score (nSPS) is 11.5. The van der Waals surface area contributed by atoms with E-state index in [0.717, 1.165) is 66.5 Å².